The number of unbranched alkanes of at least 4 members (excludes halogenated alkanes) is 1. The van der Waals surface area contributed by atoms with Gasteiger partial charge in [0.05, 0.1) is 6.54 Å². The van der Waals surface area contributed by atoms with Crippen LogP contribution in [0.25, 0.3) is 0 Å². The number of carbonyl (C=O) groups is 1. The van der Waals surface area contributed by atoms with E-state index in [2.05, 4.69) is 39.9 Å². The van der Waals surface area contributed by atoms with Crippen molar-refractivity contribution < 1.29 is 9.18 Å². The van der Waals surface area contributed by atoms with Crippen LogP contribution in [0.4, 0.5) is 4.39 Å². The van der Waals surface area contributed by atoms with E-state index in [1.54, 1.807) is 23.9 Å². The summed E-state index contributed by atoms with van der Waals surface area (Å²) in [5.74, 6) is 0.813. The lowest BCUT2D eigenvalue weighted by Crippen LogP contribution is -2.40. The Morgan fingerprint density at radius 2 is 1.93 bits per heavy atom. The topological polar surface area (TPSA) is 23.6 Å². The molecule has 28 heavy (non-hydrogen) atoms. The van der Waals surface area contributed by atoms with Crippen molar-refractivity contribution in [3.63, 3.8) is 0 Å². The van der Waals surface area contributed by atoms with Crippen LogP contribution in [-0.4, -0.2) is 41.1 Å². The summed E-state index contributed by atoms with van der Waals surface area (Å²) >= 11 is 5.22. The third kappa shape index (κ3) is 5.82. The van der Waals surface area contributed by atoms with E-state index in [1.807, 2.05) is 17.0 Å². The number of amides is 1. The second-order valence-electron chi connectivity index (χ2n) is 7.05. The lowest BCUT2D eigenvalue weighted by molar-refractivity contribution is -0.132. The van der Waals surface area contributed by atoms with Crippen LogP contribution in [0.3, 0.4) is 0 Å². The standard InChI is InChI=1S/C22H26BrFN2OS/c1-2-3-12-25(15-17-4-8-19(23)9-5-17)16-21(27)26-13-14-28-22(26)18-6-10-20(24)11-7-18/h4-11,22H,2-3,12-16H2,1H3. The smallest absolute Gasteiger partial charge is 0.237 e. The van der Waals surface area contributed by atoms with Crippen LogP contribution in [0.1, 0.15) is 36.3 Å². The van der Waals surface area contributed by atoms with Gasteiger partial charge < -0.3 is 4.90 Å². The van der Waals surface area contributed by atoms with Crippen LogP contribution in [0.5, 0.6) is 0 Å². The van der Waals surface area contributed by atoms with E-state index >= 15 is 0 Å². The van der Waals surface area contributed by atoms with E-state index in [-0.39, 0.29) is 17.1 Å². The molecule has 0 aliphatic carbocycles. The second-order valence-corrected chi connectivity index (χ2v) is 9.16. The van der Waals surface area contributed by atoms with Gasteiger partial charge in [-0.1, -0.05) is 53.5 Å². The molecule has 1 aliphatic heterocycles. The highest BCUT2D eigenvalue weighted by Crippen LogP contribution is 2.38. The highest BCUT2D eigenvalue weighted by atomic mass is 79.9. The summed E-state index contributed by atoms with van der Waals surface area (Å²) in [5, 5.41) is -0.0196. The minimum Gasteiger partial charge on any atom is -0.325 e. The Morgan fingerprint density at radius 1 is 1.21 bits per heavy atom. The van der Waals surface area contributed by atoms with E-state index in [4.69, 9.17) is 0 Å². The van der Waals surface area contributed by atoms with E-state index in [9.17, 15) is 9.18 Å². The average molecular weight is 465 g/mol. The van der Waals surface area contributed by atoms with Crippen molar-refractivity contribution in [3.8, 4) is 0 Å². The van der Waals surface area contributed by atoms with Gasteiger partial charge in [-0.3, -0.25) is 9.69 Å². The Morgan fingerprint density at radius 3 is 2.61 bits per heavy atom. The Hall–Kier alpha value is -1.37. The number of halogens is 2. The van der Waals surface area contributed by atoms with E-state index in [1.165, 1.54) is 17.7 Å². The van der Waals surface area contributed by atoms with Crippen molar-refractivity contribution in [1.29, 1.82) is 0 Å². The molecule has 1 aliphatic rings. The fraction of sp³-hybridized carbons (Fsp3) is 0.409. The first-order valence-corrected chi connectivity index (χ1v) is 11.5. The molecular formula is C22H26BrFN2OS. The first-order valence-electron chi connectivity index (χ1n) is 9.70. The highest BCUT2D eigenvalue weighted by Gasteiger charge is 2.31. The molecule has 0 aromatic heterocycles. The third-order valence-electron chi connectivity index (χ3n) is 4.87. The lowest BCUT2D eigenvalue weighted by Gasteiger charge is -2.28. The summed E-state index contributed by atoms with van der Waals surface area (Å²) in [6.07, 6.45) is 2.17. The molecule has 1 fully saturated rings. The zero-order valence-electron chi connectivity index (χ0n) is 16.1. The molecule has 2 aromatic rings. The SMILES string of the molecule is CCCCN(CC(=O)N1CCSC1c1ccc(F)cc1)Cc1ccc(Br)cc1. The van der Waals surface area contributed by atoms with E-state index in [0.717, 1.165) is 48.3 Å². The average Bonchev–Trinajstić information content (AvgIpc) is 3.18. The monoisotopic (exact) mass is 464 g/mol. The molecule has 6 heteroatoms. The predicted octanol–water partition coefficient (Wildman–Crippen LogP) is 5.46. The van der Waals surface area contributed by atoms with Gasteiger partial charge in [0, 0.05) is 23.3 Å². The number of rotatable bonds is 8. The first kappa shape index (κ1) is 21.3. The van der Waals surface area contributed by atoms with Gasteiger partial charge in [-0.15, -0.1) is 11.8 Å². The van der Waals surface area contributed by atoms with E-state index in [0.29, 0.717) is 6.54 Å². The molecule has 0 N–H and O–H groups in total. The number of hydrogen-bond acceptors (Lipinski definition) is 3. The molecule has 0 saturated carbocycles. The Balaban J connectivity index is 1.67. The van der Waals surface area contributed by atoms with Crippen LogP contribution < -0.4 is 0 Å². The minimum absolute atomic E-state index is 0.0196. The van der Waals surface area contributed by atoms with Gasteiger partial charge in [0.15, 0.2) is 0 Å². The number of hydrogen-bond donors (Lipinski definition) is 0. The van der Waals surface area contributed by atoms with Crippen LogP contribution >= 0.6 is 27.7 Å². The van der Waals surface area contributed by atoms with Gasteiger partial charge in [-0.05, 0) is 48.4 Å². The van der Waals surface area contributed by atoms with Crippen LogP contribution in [0.15, 0.2) is 53.0 Å². The third-order valence-corrected chi connectivity index (χ3v) is 6.66. The maximum atomic E-state index is 13.3. The van der Waals surface area contributed by atoms with Crippen molar-refractivity contribution in [1.82, 2.24) is 9.80 Å². The van der Waals surface area contributed by atoms with Gasteiger partial charge in [-0.25, -0.2) is 4.39 Å². The van der Waals surface area contributed by atoms with Crippen molar-refractivity contribution in [3.05, 3.63) is 69.9 Å². The van der Waals surface area contributed by atoms with Crippen LogP contribution in [0, 0.1) is 5.82 Å². The lowest BCUT2D eigenvalue weighted by atomic mass is 10.2. The Labute approximate surface area is 179 Å². The molecule has 1 atom stereocenters. The Kier molecular flexibility index (Phi) is 7.94. The molecule has 1 saturated heterocycles. The number of thioether (sulfide) groups is 1. The van der Waals surface area contributed by atoms with Crippen LogP contribution in [0.2, 0.25) is 0 Å². The molecule has 0 spiro atoms. The molecule has 2 aromatic carbocycles. The number of carbonyl (C=O) groups excluding carboxylic acids is 1. The quantitative estimate of drug-likeness (QED) is 0.517. The molecule has 3 nitrogen and oxygen atoms in total. The minimum atomic E-state index is -0.245. The molecule has 3 rings (SSSR count). The van der Waals surface area contributed by atoms with Gasteiger partial charge in [0.2, 0.25) is 5.91 Å². The van der Waals surface area contributed by atoms with Crippen LogP contribution in [-0.2, 0) is 11.3 Å². The van der Waals surface area contributed by atoms with Gasteiger partial charge >= 0.3 is 0 Å². The molecular weight excluding hydrogens is 439 g/mol. The summed E-state index contributed by atoms with van der Waals surface area (Å²) in [7, 11) is 0. The Bertz CT molecular complexity index is 769. The van der Waals surface area contributed by atoms with Crippen molar-refractivity contribution in [2.24, 2.45) is 0 Å². The maximum Gasteiger partial charge on any atom is 0.237 e. The van der Waals surface area contributed by atoms with Crippen molar-refractivity contribution in [2.75, 3.05) is 25.4 Å². The zero-order chi connectivity index (χ0) is 19.9. The summed E-state index contributed by atoms with van der Waals surface area (Å²) in [6.45, 7) is 4.99. The normalized spacial score (nSPS) is 16.7. The summed E-state index contributed by atoms with van der Waals surface area (Å²) in [4.78, 5) is 17.3. The van der Waals surface area contributed by atoms with Gasteiger partial charge in [0.25, 0.3) is 0 Å². The summed E-state index contributed by atoms with van der Waals surface area (Å²) in [6, 6.07) is 14.8. The highest BCUT2D eigenvalue weighted by molar-refractivity contribution is 9.10. The molecule has 1 heterocycles. The molecule has 0 bridgehead atoms. The van der Waals surface area contributed by atoms with Gasteiger partial charge in [0.1, 0.15) is 11.2 Å². The fourth-order valence-corrected chi connectivity index (χ4v) is 4.90. The molecule has 1 unspecified atom stereocenters. The summed E-state index contributed by atoms with van der Waals surface area (Å²) in [5.41, 5.74) is 2.20. The van der Waals surface area contributed by atoms with Crippen molar-refractivity contribution in [2.45, 2.75) is 31.7 Å². The molecule has 0 radical (unpaired) electrons. The van der Waals surface area contributed by atoms with Gasteiger partial charge in [-0.2, -0.15) is 0 Å². The van der Waals surface area contributed by atoms with Crippen molar-refractivity contribution >= 4 is 33.6 Å². The second kappa shape index (κ2) is 10.4. The predicted molar refractivity (Wildman–Crippen MR) is 118 cm³/mol. The zero-order valence-corrected chi connectivity index (χ0v) is 18.5. The first-order chi connectivity index (χ1) is 13.6. The summed E-state index contributed by atoms with van der Waals surface area (Å²) < 4.78 is 14.3. The van der Waals surface area contributed by atoms with E-state index < -0.39 is 0 Å². The largest absolute Gasteiger partial charge is 0.325 e. The number of benzene rings is 2. The maximum absolute atomic E-state index is 13.3. The molecule has 1 amide bonds. The number of nitrogens with zero attached hydrogens (tertiary/aromatic N) is 2. The molecule has 150 valence electrons. The fourth-order valence-electron chi connectivity index (χ4n) is 3.35.